The van der Waals surface area contributed by atoms with Gasteiger partial charge in [-0.3, -0.25) is 0 Å². The second-order valence-electron chi connectivity index (χ2n) is 3.63. The van der Waals surface area contributed by atoms with Gasteiger partial charge in [0.15, 0.2) is 0 Å². The first kappa shape index (κ1) is 10.5. The summed E-state index contributed by atoms with van der Waals surface area (Å²) in [5.74, 6) is 0. The van der Waals surface area contributed by atoms with Crippen molar-refractivity contribution in [2.75, 3.05) is 0 Å². The van der Waals surface area contributed by atoms with Crippen LogP contribution in [0.4, 0.5) is 0 Å². The molecule has 2 heteroatoms. The lowest BCUT2D eigenvalue weighted by Crippen LogP contribution is -2.30. The fraction of sp³-hybridized carbons (Fsp3) is 0.364. The minimum atomic E-state index is -0.150. The minimum Gasteiger partial charge on any atom is -0.302 e. The maximum Gasteiger partial charge on any atom is 0.134 e. The van der Waals surface area contributed by atoms with E-state index in [2.05, 4.69) is 29.8 Å². The van der Waals surface area contributed by atoms with Crippen LogP contribution in [0.5, 0.6) is 0 Å². The Morgan fingerprint density at radius 3 is 2.31 bits per heavy atom. The molecule has 0 amide bonds. The lowest BCUT2D eigenvalue weighted by molar-refractivity contribution is -0.108. The summed E-state index contributed by atoms with van der Waals surface area (Å²) >= 11 is 3.37. The number of alkyl halides is 1. The molecule has 0 heterocycles. The Balaban J connectivity index is 3.00. The van der Waals surface area contributed by atoms with Crippen LogP contribution in [-0.2, 0) is 10.2 Å². The summed E-state index contributed by atoms with van der Waals surface area (Å²) in [6.45, 7) is 4.10. The number of hydrogen-bond acceptors (Lipinski definition) is 1. The van der Waals surface area contributed by atoms with Crippen LogP contribution < -0.4 is 0 Å². The second kappa shape index (κ2) is 4.05. The lowest BCUT2D eigenvalue weighted by Gasteiger charge is -2.27. The van der Waals surface area contributed by atoms with Gasteiger partial charge < -0.3 is 4.79 Å². The van der Waals surface area contributed by atoms with Gasteiger partial charge in [-0.2, -0.15) is 0 Å². The minimum absolute atomic E-state index is 0.137. The maximum atomic E-state index is 10.7. The Hall–Kier alpha value is -0.630. The van der Waals surface area contributed by atoms with E-state index in [4.69, 9.17) is 0 Å². The Morgan fingerprint density at radius 2 is 1.85 bits per heavy atom. The number of halogens is 1. The highest BCUT2D eigenvalue weighted by Crippen LogP contribution is 2.30. The van der Waals surface area contributed by atoms with E-state index < -0.39 is 0 Å². The van der Waals surface area contributed by atoms with Gasteiger partial charge >= 0.3 is 0 Å². The van der Waals surface area contributed by atoms with Gasteiger partial charge in [-0.15, -0.1) is 0 Å². The third-order valence-electron chi connectivity index (χ3n) is 2.33. The normalized spacial score (nSPS) is 13.8. The topological polar surface area (TPSA) is 17.1 Å². The monoisotopic (exact) mass is 240 g/mol. The third kappa shape index (κ3) is 2.19. The molecule has 0 aliphatic carbocycles. The van der Waals surface area contributed by atoms with Gasteiger partial charge in [0.2, 0.25) is 0 Å². The highest BCUT2D eigenvalue weighted by molar-refractivity contribution is 9.10. The fourth-order valence-electron chi connectivity index (χ4n) is 1.20. The summed E-state index contributed by atoms with van der Waals surface area (Å²) in [7, 11) is 0. The van der Waals surface area contributed by atoms with Gasteiger partial charge in [0.25, 0.3) is 0 Å². The number of aldehydes is 1. The molecule has 1 unspecified atom stereocenters. The molecule has 0 saturated heterocycles. The summed E-state index contributed by atoms with van der Waals surface area (Å²) in [5.41, 5.74) is 1.02. The van der Waals surface area contributed by atoms with Gasteiger partial charge in [-0.25, -0.2) is 0 Å². The van der Waals surface area contributed by atoms with Crippen LogP contribution >= 0.6 is 15.9 Å². The van der Waals surface area contributed by atoms with E-state index >= 15 is 0 Å². The van der Waals surface area contributed by atoms with E-state index in [-0.39, 0.29) is 10.2 Å². The van der Waals surface area contributed by atoms with Crippen molar-refractivity contribution in [1.29, 1.82) is 0 Å². The summed E-state index contributed by atoms with van der Waals surface area (Å²) in [5, 5.41) is 0. The van der Waals surface area contributed by atoms with Crippen molar-refractivity contribution < 1.29 is 4.79 Å². The average molecular weight is 241 g/mol. The van der Waals surface area contributed by atoms with Crippen LogP contribution in [0.3, 0.4) is 0 Å². The van der Waals surface area contributed by atoms with Crippen molar-refractivity contribution in [3.8, 4) is 0 Å². The van der Waals surface area contributed by atoms with Crippen molar-refractivity contribution in [3.63, 3.8) is 0 Å². The number of carbonyl (C=O) groups is 1. The zero-order valence-corrected chi connectivity index (χ0v) is 9.41. The van der Waals surface area contributed by atoms with E-state index in [1.807, 2.05) is 30.3 Å². The predicted molar refractivity (Wildman–Crippen MR) is 58.2 cm³/mol. The summed E-state index contributed by atoms with van der Waals surface area (Å²) in [6.07, 6.45) is 0.938. The lowest BCUT2D eigenvalue weighted by atomic mass is 9.82. The van der Waals surface area contributed by atoms with Crippen molar-refractivity contribution in [3.05, 3.63) is 35.9 Å². The van der Waals surface area contributed by atoms with Crippen molar-refractivity contribution in [2.45, 2.75) is 24.1 Å². The molecule has 0 spiro atoms. The second-order valence-corrected chi connectivity index (χ2v) is 4.61. The smallest absolute Gasteiger partial charge is 0.134 e. The Bertz CT molecular complexity index is 279. The largest absolute Gasteiger partial charge is 0.302 e. The molecule has 0 aromatic heterocycles. The summed E-state index contributed by atoms with van der Waals surface area (Å²) < 4.78 is 0. The Morgan fingerprint density at radius 1 is 1.31 bits per heavy atom. The van der Waals surface area contributed by atoms with E-state index in [1.165, 1.54) is 5.56 Å². The van der Waals surface area contributed by atoms with Crippen LogP contribution in [0.15, 0.2) is 30.3 Å². The Labute approximate surface area is 87.3 Å². The fourth-order valence-corrected chi connectivity index (χ4v) is 1.46. The van der Waals surface area contributed by atoms with Gasteiger partial charge in [-0.1, -0.05) is 60.1 Å². The molecule has 0 bridgehead atoms. The first-order chi connectivity index (χ1) is 6.09. The summed E-state index contributed by atoms with van der Waals surface area (Å²) in [4.78, 5) is 10.5. The van der Waals surface area contributed by atoms with Crippen LogP contribution in [-0.4, -0.2) is 11.1 Å². The molecule has 1 atom stereocenters. The zero-order valence-electron chi connectivity index (χ0n) is 7.83. The van der Waals surface area contributed by atoms with Crippen LogP contribution in [0, 0.1) is 0 Å². The highest BCUT2D eigenvalue weighted by Gasteiger charge is 2.28. The molecule has 70 valence electrons. The van der Waals surface area contributed by atoms with E-state index in [0.717, 1.165) is 6.29 Å². The highest BCUT2D eigenvalue weighted by atomic mass is 79.9. The van der Waals surface area contributed by atoms with Crippen molar-refractivity contribution >= 4 is 22.2 Å². The van der Waals surface area contributed by atoms with Gasteiger partial charge in [0.1, 0.15) is 6.29 Å². The molecule has 0 saturated carbocycles. The van der Waals surface area contributed by atoms with E-state index in [0.29, 0.717) is 0 Å². The molecule has 0 aliphatic heterocycles. The zero-order chi connectivity index (χ0) is 9.90. The van der Waals surface area contributed by atoms with Gasteiger partial charge in [0.05, 0.1) is 4.83 Å². The summed E-state index contributed by atoms with van der Waals surface area (Å²) in [6, 6.07) is 10.0. The van der Waals surface area contributed by atoms with Gasteiger partial charge in [-0.05, 0) is 5.56 Å². The third-order valence-corrected chi connectivity index (χ3v) is 3.69. The van der Waals surface area contributed by atoms with Gasteiger partial charge in [0, 0.05) is 5.41 Å². The molecule has 1 nitrogen and oxygen atoms in total. The molecule has 0 aliphatic rings. The number of carbonyl (C=O) groups excluding carboxylic acids is 1. The first-order valence-corrected chi connectivity index (χ1v) is 5.15. The number of benzene rings is 1. The molecule has 0 N–H and O–H groups in total. The maximum absolute atomic E-state index is 10.7. The molecule has 1 aromatic carbocycles. The van der Waals surface area contributed by atoms with Crippen LogP contribution in [0.1, 0.15) is 19.4 Å². The average Bonchev–Trinajstić information content (AvgIpc) is 2.18. The van der Waals surface area contributed by atoms with Crippen molar-refractivity contribution in [1.82, 2.24) is 0 Å². The van der Waals surface area contributed by atoms with E-state index in [9.17, 15) is 4.79 Å². The van der Waals surface area contributed by atoms with Crippen LogP contribution in [0.2, 0.25) is 0 Å². The first-order valence-electron chi connectivity index (χ1n) is 4.24. The molecule has 1 aromatic rings. The SMILES string of the molecule is CC(C)(c1ccccc1)C(Br)C=O. The predicted octanol–water partition coefficient (Wildman–Crippen LogP) is 2.93. The van der Waals surface area contributed by atoms with Crippen LogP contribution in [0.25, 0.3) is 0 Å². The Kier molecular flexibility index (Phi) is 3.26. The molecule has 1 rings (SSSR count). The van der Waals surface area contributed by atoms with E-state index in [1.54, 1.807) is 0 Å². The number of hydrogen-bond donors (Lipinski definition) is 0. The quantitative estimate of drug-likeness (QED) is 0.587. The molecular formula is C11H13BrO. The van der Waals surface area contributed by atoms with Crippen molar-refractivity contribution in [2.24, 2.45) is 0 Å². The molecule has 0 radical (unpaired) electrons. The standard InChI is InChI=1S/C11H13BrO/c1-11(2,10(12)8-13)9-6-4-3-5-7-9/h3-8,10H,1-2H3. The molecular weight excluding hydrogens is 228 g/mol. The molecule has 0 fully saturated rings. The number of rotatable bonds is 3. The molecule has 13 heavy (non-hydrogen) atoms.